The zero-order valence-corrected chi connectivity index (χ0v) is 7.16. The Morgan fingerprint density at radius 1 is 1.45 bits per heavy atom. The fraction of sp³-hybridized carbons (Fsp3) is 0.333. The third-order valence-electron chi connectivity index (χ3n) is 1.52. The summed E-state index contributed by atoms with van der Waals surface area (Å²) < 4.78 is 12.6. The molecule has 0 N–H and O–H groups in total. The van der Waals surface area contributed by atoms with Crippen molar-refractivity contribution < 1.29 is 4.39 Å². The topological polar surface area (TPSA) is 0 Å². The van der Waals surface area contributed by atoms with Gasteiger partial charge < -0.3 is 0 Å². The molecule has 1 aromatic rings. The summed E-state index contributed by atoms with van der Waals surface area (Å²) in [6, 6.07) is 4.86. The van der Waals surface area contributed by atoms with Crippen LogP contribution in [-0.2, 0) is 6.42 Å². The van der Waals surface area contributed by atoms with E-state index in [4.69, 9.17) is 11.6 Å². The lowest BCUT2D eigenvalue weighted by Gasteiger charge is -1.98. The second kappa shape index (κ2) is 3.72. The van der Waals surface area contributed by atoms with Crippen LogP contribution in [-0.4, -0.2) is 0 Å². The zero-order chi connectivity index (χ0) is 8.27. The Morgan fingerprint density at radius 2 is 2.18 bits per heavy atom. The fourth-order valence-corrected chi connectivity index (χ4v) is 1.19. The Bertz CT molecular complexity index is 245. The number of hydrogen-bond donors (Lipinski definition) is 0. The van der Waals surface area contributed by atoms with Gasteiger partial charge in [0.15, 0.2) is 0 Å². The van der Waals surface area contributed by atoms with Gasteiger partial charge in [-0.15, -0.1) is 0 Å². The summed E-state index contributed by atoms with van der Waals surface area (Å²) in [6.45, 7) is 2.08. The van der Waals surface area contributed by atoms with E-state index in [2.05, 4.69) is 6.92 Å². The maximum atomic E-state index is 12.6. The molecule has 0 radical (unpaired) electrons. The molecule has 0 bridgehead atoms. The normalized spacial score (nSPS) is 10.1. The molecule has 0 nitrogen and oxygen atoms in total. The number of rotatable bonds is 2. The number of hydrogen-bond acceptors (Lipinski definition) is 0. The van der Waals surface area contributed by atoms with Gasteiger partial charge in [-0.1, -0.05) is 31.0 Å². The standard InChI is InChI=1S/C9H10ClF/c1-2-3-7-4-5-9(11)8(10)6-7/h4-6H,2-3H2,1H3. The van der Waals surface area contributed by atoms with E-state index in [-0.39, 0.29) is 10.8 Å². The second-order valence-electron chi connectivity index (χ2n) is 2.50. The van der Waals surface area contributed by atoms with Gasteiger partial charge in [0.05, 0.1) is 5.02 Å². The van der Waals surface area contributed by atoms with Gasteiger partial charge in [0.25, 0.3) is 0 Å². The van der Waals surface area contributed by atoms with E-state index >= 15 is 0 Å². The van der Waals surface area contributed by atoms with Crippen LogP contribution in [0.3, 0.4) is 0 Å². The summed E-state index contributed by atoms with van der Waals surface area (Å²) in [5, 5.41) is 0.218. The Kier molecular flexibility index (Phi) is 2.89. The van der Waals surface area contributed by atoms with Gasteiger partial charge in [-0.3, -0.25) is 0 Å². The molecular weight excluding hydrogens is 163 g/mol. The Balaban J connectivity index is 2.86. The van der Waals surface area contributed by atoms with Crippen LogP contribution in [0.1, 0.15) is 18.9 Å². The largest absolute Gasteiger partial charge is 0.205 e. The van der Waals surface area contributed by atoms with Crippen LogP contribution in [0.5, 0.6) is 0 Å². The Labute approximate surface area is 71.0 Å². The van der Waals surface area contributed by atoms with E-state index in [9.17, 15) is 4.39 Å². The molecule has 60 valence electrons. The van der Waals surface area contributed by atoms with E-state index < -0.39 is 0 Å². The third kappa shape index (κ3) is 2.19. The van der Waals surface area contributed by atoms with Crippen LogP contribution in [0.4, 0.5) is 4.39 Å². The maximum absolute atomic E-state index is 12.6. The van der Waals surface area contributed by atoms with Crippen LogP contribution in [0.2, 0.25) is 5.02 Å². The highest BCUT2D eigenvalue weighted by molar-refractivity contribution is 6.30. The molecule has 1 aromatic carbocycles. The van der Waals surface area contributed by atoms with Crippen molar-refractivity contribution in [3.8, 4) is 0 Å². The van der Waals surface area contributed by atoms with Crippen molar-refractivity contribution in [1.29, 1.82) is 0 Å². The van der Waals surface area contributed by atoms with Crippen molar-refractivity contribution in [3.05, 3.63) is 34.6 Å². The Morgan fingerprint density at radius 3 is 2.73 bits per heavy atom. The highest BCUT2D eigenvalue weighted by Gasteiger charge is 1.98. The first kappa shape index (κ1) is 8.54. The summed E-state index contributed by atoms with van der Waals surface area (Å²) >= 11 is 5.57. The molecule has 11 heavy (non-hydrogen) atoms. The van der Waals surface area contributed by atoms with E-state index in [1.165, 1.54) is 6.07 Å². The number of benzene rings is 1. The molecule has 0 aromatic heterocycles. The van der Waals surface area contributed by atoms with Crippen molar-refractivity contribution in [2.75, 3.05) is 0 Å². The minimum atomic E-state index is -0.341. The van der Waals surface area contributed by atoms with Crippen molar-refractivity contribution in [1.82, 2.24) is 0 Å². The molecule has 0 atom stereocenters. The molecule has 2 heteroatoms. The minimum Gasteiger partial charge on any atom is -0.205 e. The highest BCUT2D eigenvalue weighted by Crippen LogP contribution is 2.16. The average molecular weight is 173 g/mol. The molecule has 0 spiro atoms. The summed E-state index contributed by atoms with van der Waals surface area (Å²) in [6.07, 6.45) is 2.02. The van der Waals surface area contributed by atoms with E-state index in [0.29, 0.717) is 0 Å². The van der Waals surface area contributed by atoms with Crippen molar-refractivity contribution >= 4 is 11.6 Å². The molecule has 0 fully saturated rings. The molecule has 0 aliphatic rings. The number of halogens is 2. The highest BCUT2D eigenvalue weighted by atomic mass is 35.5. The minimum absolute atomic E-state index is 0.218. The monoisotopic (exact) mass is 172 g/mol. The summed E-state index contributed by atoms with van der Waals surface area (Å²) in [7, 11) is 0. The van der Waals surface area contributed by atoms with Crippen molar-refractivity contribution in [2.24, 2.45) is 0 Å². The first-order valence-electron chi connectivity index (χ1n) is 3.68. The molecule has 1 rings (SSSR count). The van der Waals surface area contributed by atoms with Gasteiger partial charge in [-0.05, 0) is 24.1 Å². The van der Waals surface area contributed by atoms with Gasteiger partial charge in [0.2, 0.25) is 0 Å². The molecule has 0 aliphatic heterocycles. The van der Waals surface area contributed by atoms with Crippen LogP contribution in [0.15, 0.2) is 18.2 Å². The first-order chi connectivity index (χ1) is 5.24. The second-order valence-corrected chi connectivity index (χ2v) is 2.91. The van der Waals surface area contributed by atoms with E-state index in [0.717, 1.165) is 18.4 Å². The molecular formula is C9H10ClF. The van der Waals surface area contributed by atoms with Crippen LogP contribution in [0.25, 0.3) is 0 Å². The van der Waals surface area contributed by atoms with Gasteiger partial charge >= 0.3 is 0 Å². The average Bonchev–Trinajstić information content (AvgIpc) is 1.98. The lowest BCUT2D eigenvalue weighted by molar-refractivity contribution is 0.627. The smallest absolute Gasteiger partial charge is 0.141 e. The maximum Gasteiger partial charge on any atom is 0.141 e. The Hall–Kier alpha value is -0.560. The lowest BCUT2D eigenvalue weighted by atomic mass is 10.1. The summed E-state index contributed by atoms with van der Waals surface area (Å²) in [4.78, 5) is 0. The van der Waals surface area contributed by atoms with E-state index in [1.54, 1.807) is 12.1 Å². The van der Waals surface area contributed by atoms with Gasteiger partial charge in [-0.25, -0.2) is 4.39 Å². The molecule has 0 aliphatic carbocycles. The number of aryl methyl sites for hydroxylation is 1. The van der Waals surface area contributed by atoms with Gasteiger partial charge in [-0.2, -0.15) is 0 Å². The molecule has 0 saturated heterocycles. The summed E-state index contributed by atoms with van der Waals surface area (Å²) in [5.41, 5.74) is 1.10. The zero-order valence-electron chi connectivity index (χ0n) is 6.40. The van der Waals surface area contributed by atoms with Crippen LogP contribution < -0.4 is 0 Å². The third-order valence-corrected chi connectivity index (χ3v) is 1.81. The summed E-state index contributed by atoms with van der Waals surface area (Å²) in [5.74, 6) is -0.341. The van der Waals surface area contributed by atoms with Crippen molar-refractivity contribution in [3.63, 3.8) is 0 Å². The van der Waals surface area contributed by atoms with Gasteiger partial charge in [0.1, 0.15) is 5.82 Å². The fourth-order valence-electron chi connectivity index (χ4n) is 0.984. The SMILES string of the molecule is CCCc1ccc(F)c(Cl)c1. The van der Waals surface area contributed by atoms with Gasteiger partial charge in [0, 0.05) is 0 Å². The molecule has 0 unspecified atom stereocenters. The molecule has 0 saturated carbocycles. The van der Waals surface area contributed by atoms with E-state index in [1.807, 2.05) is 0 Å². The van der Waals surface area contributed by atoms with Crippen LogP contribution in [0, 0.1) is 5.82 Å². The quantitative estimate of drug-likeness (QED) is 0.641. The molecule has 0 heterocycles. The predicted molar refractivity (Wildman–Crippen MR) is 45.4 cm³/mol. The predicted octanol–water partition coefficient (Wildman–Crippen LogP) is 3.43. The first-order valence-corrected chi connectivity index (χ1v) is 4.05. The molecule has 0 amide bonds. The lowest BCUT2D eigenvalue weighted by Crippen LogP contribution is -1.84. The van der Waals surface area contributed by atoms with Crippen molar-refractivity contribution in [2.45, 2.75) is 19.8 Å². The van der Waals surface area contributed by atoms with Crippen LogP contribution >= 0.6 is 11.6 Å².